The average molecular weight is 311 g/mol. The minimum absolute atomic E-state index is 0.0197. The molecule has 116 valence electrons. The molecule has 5 nitrogen and oxygen atoms in total. The van der Waals surface area contributed by atoms with E-state index in [0.717, 1.165) is 5.69 Å². The summed E-state index contributed by atoms with van der Waals surface area (Å²) in [5, 5.41) is 3.13. The highest BCUT2D eigenvalue weighted by molar-refractivity contribution is 7.92. The van der Waals surface area contributed by atoms with Gasteiger partial charge in [-0.05, 0) is 32.9 Å². The fraction of sp³-hybridized carbons (Fsp3) is 0.533. The standard InChI is InChI=1S/C15H21NO4S/c1-15(2,3)21(18,19)9-8-12(17)14-10-16-11-6-4-5-7-13(11)20-14/h4-7,14,16H,8-10H2,1-3H3. The van der Waals surface area contributed by atoms with Gasteiger partial charge in [-0.3, -0.25) is 4.79 Å². The quantitative estimate of drug-likeness (QED) is 0.921. The number of Topliss-reactive ketones (excluding diaryl/α,β-unsaturated/α-hetero) is 1. The smallest absolute Gasteiger partial charge is 0.176 e. The van der Waals surface area contributed by atoms with Crippen molar-refractivity contribution >= 4 is 21.3 Å². The van der Waals surface area contributed by atoms with Crippen molar-refractivity contribution in [1.82, 2.24) is 0 Å². The van der Waals surface area contributed by atoms with Crippen LogP contribution in [0.4, 0.5) is 5.69 Å². The van der Waals surface area contributed by atoms with Crippen LogP contribution in [0.2, 0.25) is 0 Å². The van der Waals surface area contributed by atoms with E-state index in [0.29, 0.717) is 12.3 Å². The Kier molecular flexibility index (Phi) is 4.27. The highest BCUT2D eigenvalue weighted by Crippen LogP contribution is 2.28. The van der Waals surface area contributed by atoms with Crippen LogP contribution in [0.5, 0.6) is 5.75 Å². The Labute approximate surface area is 125 Å². The molecule has 0 saturated heterocycles. The Hall–Kier alpha value is -1.56. The molecule has 1 N–H and O–H groups in total. The van der Waals surface area contributed by atoms with Gasteiger partial charge in [-0.2, -0.15) is 0 Å². The first kappa shape index (κ1) is 15.8. The lowest BCUT2D eigenvalue weighted by molar-refractivity contribution is -0.125. The Bertz CT molecular complexity index is 631. The van der Waals surface area contributed by atoms with E-state index >= 15 is 0 Å². The number of hydrogen-bond acceptors (Lipinski definition) is 5. The maximum atomic E-state index is 12.2. The molecule has 1 heterocycles. The van der Waals surface area contributed by atoms with Crippen molar-refractivity contribution in [3.63, 3.8) is 0 Å². The number of nitrogens with one attached hydrogen (secondary N) is 1. The average Bonchev–Trinajstić information content (AvgIpc) is 2.43. The van der Waals surface area contributed by atoms with Gasteiger partial charge < -0.3 is 10.1 Å². The normalized spacial score (nSPS) is 18.3. The Morgan fingerprint density at radius 1 is 1.33 bits per heavy atom. The van der Waals surface area contributed by atoms with E-state index < -0.39 is 20.7 Å². The lowest BCUT2D eigenvalue weighted by Gasteiger charge is -2.26. The molecule has 0 spiro atoms. The van der Waals surface area contributed by atoms with Crippen molar-refractivity contribution in [2.75, 3.05) is 17.6 Å². The molecule has 0 aromatic heterocycles. The summed E-state index contributed by atoms with van der Waals surface area (Å²) in [6.07, 6.45) is -0.649. The number of fused-ring (bicyclic) bond motifs is 1. The number of hydrogen-bond donors (Lipinski definition) is 1. The van der Waals surface area contributed by atoms with E-state index in [2.05, 4.69) is 5.32 Å². The second-order valence-corrected chi connectivity index (χ2v) is 8.99. The van der Waals surface area contributed by atoms with E-state index in [-0.39, 0.29) is 18.0 Å². The third kappa shape index (κ3) is 3.56. The van der Waals surface area contributed by atoms with Gasteiger partial charge in [0.05, 0.1) is 22.7 Å². The summed E-state index contributed by atoms with van der Waals surface area (Å²) in [6.45, 7) is 5.29. The van der Waals surface area contributed by atoms with Gasteiger partial charge in [0.1, 0.15) is 5.75 Å². The van der Waals surface area contributed by atoms with Crippen LogP contribution in [-0.2, 0) is 14.6 Å². The number of carbonyl (C=O) groups excluding carboxylic acids is 1. The number of rotatable bonds is 4. The van der Waals surface area contributed by atoms with E-state index in [9.17, 15) is 13.2 Å². The minimum atomic E-state index is -3.29. The van der Waals surface area contributed by atoms with Crippen LogP contribution in [0.15, 0.2) is 24.3 Å². The number of para-hydroxylation sites is 2. The summed E-state index contributed by atoms with van der Waals surface area (Å²) in [5.74, 6) is 0.294. The van der Waals surface area contributed by atoms with Crippen LogP contribution in [0, 0.1) is 0 Å². The Morgan fingerprint density at radius 2 is 2.00 bits per heavy atom. The predicted molar refractivity (Wildman–Crippen MR) is 82.5 cm³/mol. The van der Waals surface area contributed by atoms with Crippen LogP contribution in [0.25, 0.3) is 0 Å². The van der Waals surface area contributed by atoms with Crippen molar-refractivity contribution in [3.8, 4) is 5.75 Å². The predicted octanol–water partition coefficient (Wildman–Crippen LogP) is 2.03. The molecule has 0 aliphatic carbocycles. The zero-order valence-electron chi connectivity index (χ0n) is 12.5. The number of carbonyl (C=O) groups is 1. The molecule has 0 saturated carbocycles. The molecular formula is C15H21NO4S. The van der Waals surface area contributed by atoms with Gasteiger partial charge in [0.2, 0.25) is 0 Å². The van der Waals surface area contributed by atoms with Gasteiger partial charge in [-0.1, -0.05) is 12.1 Å². The van der Waals surface area contributed by atoms with E-state index in [1.54, 1.807) is 26.8 Å². The third-order valence-electron chi connectivity index (χ3n) is 3.54. The molecular weight excluding hydrogens is 290 g/mol. The molecule has 1 aliphatic heterocycles. The lowest BCUT2D eigenvalue weighted by Crippen LogP contribution is -2.39. The molecule has 21 heavy (non-hydrogen) atoms. The SMILES string of the molecule is CC(C)(C)S(=O)(=O)CCC(=O)C1CNc2ccccc2O1. The van der Waals surface area contributed by atoms with Crippen molar-refractivity contribution in [2.45, 2.75) is 38.0 Å². The number of anilines is 1. The summed E-state index contributed by atoms with van der Waals surface area (Å²) in [4.78, 5) is 12.2. The molecule has 1 aliphatic rings. The maximum absolute atomic E-state index is 12.2. The van der Waals surface area contributed by atoms with E-state index in [4.69, 9.17) is 4.74 Å². The summed E-state index contributed by atoms with van der Waals surface area (Å²) in [6, 6.07) is 7.37. The van der Waals surface area contributed by atoms with Crippen LogP contribution < -0.4 is 10.1 Å². The number of benzene rings is 1. The molecule has 0 amide bonds. The third-order valence-corrected chi connectivity index (χ3v) is 6.15. The molecule has 1 unspecified atom stereocenters. The molecule has 2 rings (SSSR count). The largest absolute Gasteiger partial charge is 0.479 e. The number of ether oxygens (including phenoxy) is 1. The summed E-state index contributed by atoms with van der Waals surface area (Å²) in [7, 11) is -3.29. The summed E-state index contributed by atoms with van der Waals surface area (Å²) in [5.41, 5.74) is 0.851. The lowest BCUT2D eigenvalue weighted by atomic mass is 10.1. The second-order valence-electron chi connectivity index (χ2n) is 6.13. The number of ketones is 1. The monoisotopic (exact) mass is 311 g/mol. The van der Waals surface area contributed by atoms with Crippen molar-refractivity contribution in [1.29, 1.82) is 0 Å². The van der Waals surface area contributed by atoms with Gasteiger partial charge in [0.15, 0.2) is 21.7 Å². The summed E-state index contributed by atoms with van der Waals surface area (Å²) < 4.78 is 28.9. The van der Waals surface area contributed by atoms with Crippen LogP contribution >= 0.6 is 0 Å². The molecule has 6 heteroatoms. The Morgan fingerprint density at radius 3 is 2.67 bits per heavy atom. The zero-order chi connectivity index (χ0) is 15.7. The number of sulfone groups is 1. The van der Waals surface area contributed by atoms with Crippen LogP contribution in [0.1, 0.15) is 27.2 Å². The minimum Gasteiger partial charge on any atom is -0.479 e. The fourth-order valence-electron chi connectivity index (χ4n) is 1.99. The first-order valence-corrected chi connectivity index (χ1v) is 8.60. The molecule has 0 fully saturated rings. The molecule has 0 bridgehead atoms. The highest BCUT2D eigenvalue weighted by atomic mass is 32.2. The van der Waals surface area contributed by atoms with Crippen molar-refractivity contribution in [3.05, 3.63) is 24.3 Å². The second kappa shape index (κ2) is 5.67. The van der Waals surface area contributed by atoms with E-state index in [1.807, 2.05) is 18.2 Å². The zero-order valence-corrected chi connectivity index (χ0v) is 13.4. The molecule has 1 atom stereocenters. The Balaban J connectivity index is 1.97. The first-order chi connectivity index (χ1) is 9.71. The van der Waals surface area contributed by atoms with Crippen molar-refractivity contribution in [2.24, 2.45) is 0 Å². The van der Waals surface area contributed by atoms with Crippen LogP contribution in [-0.4, -0.2) is 37.3 Å². The molecule has 1 aromatic carbocycles. The molecule has 1 aromatic rings. The van der Waals surface area contributed by atoms with Gasteiger partial charge in [-0.25, -0.2) is 8.42 Å². The van der Waals surface area contributed by atoms with Gasteiger partial charge >= 0.3 is 0 Å². The van der Waals surface area contributed by atoms with Gasteiger partial charge in [0, 0.05) is 6.42 Å². The van der Waals surface area contributed by atoms with Gasteiger partial charge in [-0.15, -0.1) is 0 Å². The molecule has 0 radical (unpaired) electrons. The topological polar surface area (TPSA) is 72.5 Å². The van der Waals surface area contributed by atoms with Crippen LogP contribution in [0.3, 0.4) is 0 Å². The highest BCUT2D eigenvalue weighted by Gasteiger charge is 2.31. The fourth-order valence-corrected chi connectivity index (χ4v) is 3.08. The van der Waals surface area contributed by atoms with Gasteiger partial charge in [0.25, 0.3) is 0 Å². The maximum Gasteiger partial charge on any atom is 0.176 e. The van der Waals surface area contributed by atoms with Crippen molar-refractivity contribution < 1.29 is 17.9 Å². The summed E-state index contributed by atoms with van der Waals surface area (Å²) >= 11 is 0. The first-order valence-electron chi connectivity index (χ1n) is 6.95. The van der Waals surface area contributed by atoms with E-state index in [1.165, 1.54) is 0 Å².